The van der Waals surface area contributed by atoms with Gasteiger partial charge in [0.25, 0.3) is 23.6 Å². The first-order chi connectivity index (χ1) is 29.3. The molecular weight excluding hydrogens is 972 g/mol. The van der Waals surface area contributed by atoms with E-state index in [0.29, 0.717) is 31.5 Å². The zero-order valence-corrected chi connectivity index (χ0v) is 37.5. The van der Waals surface area contributed by atoms with Crippen LogP contribution in [0.4, 0.5) is 34.1 Å². The van der Waals surface area contributed by atoms with Gasteiger partial charge in [0.15, 0.2) is 11.6 Å². The minimum Gasteiger partial charge on any atom is -0.322 e. The van der Waals surface area contributed by atoms with Gasteiger partial charge in [-0.1, -0.05) is 105 Å². The van der Waals surface area contributed by atoms with Gasteiger partial charge < -0.3 is 21.3 Å². The highest BCUT2D eigenvalue weighted by Gasteiger charge is 2.27. The number of ketones is 2. The maximum absolute atomic E-state index is 13.3. The Morgan fingerprint density at radius 3 is 1.13 bits per heavy atom. The van der Waals surface area contributed by atoms with E-state index >= 15 is 0 Å². The third kappa shape index (κ3) is 12.5. The van der Waals surface area contributed by atoms with Crippen molar-refractivity contribution in [3.63, 3.8) is 0 Å². The first-order valence-corrected chi connectivity index (χ1v) is 20.4. The largest absolute Gasteiger partial charge is 0.322 e. The van der Waals surface area contributed by atoms with Crippen LogP contribution in [0.25, 0.3) is 0 Å². The molecule has 0 aliphatic heterocycles. The number of carbonyl (C=O) groups excluding carboxylic acids is 6. The topological polar surface area (TPSA) is 200 Å². The van der Waals surface area contributed by atoms with E-state index in [4.69, 9.17) is 92.8 Å². The van der Waals surface area contributed by atoms with Gasteiger partial charge in [-0.3, -0.25) is 28.8 Å². The second-order valence-electron chi connectivity index (χ2n) is 12.7. The summed E-state index contributed by atoms with van der Waals surface area (Å²) < 4.78 is 0. The van der Waals surface area contributed by atoms with Gasteiger partial charge in [0.05, 0.1) is 42.6 Å². The van der Waals surface area contributed by atoms with Crippen LogP contribution in [0.15, 0.2) is 105 Å². The fourth-order valence-electron chi connectivity index (χ4n) is 5.21. The minimum atomic E-state index is -1.71. The highest BCUT2D eigenvalue weighted by atomic mass is 35.5. The van der Waals surface area contributed by atoms with Crippen LogP contribution in [-0.4, -0.2) is 47.3 Å². The van der Waals surface area contributed by atoms with E-state index in [1.54, 1.807) is 0 Å². The number of azo groups is 2. The normalized spacial score (nSPS) is 12.2. The number of amides is 4. The lowest BCUT2D eigenvalue weighted by atomic mass is 10.1. The van der Waals surface area contributed by atoms with Crippen molar-refractivity contribution in [2.45, 2.75) is 25.9 Å². The molecule has 14 nitrogen and oxygen atoms in total. The van der Waals surface area contributed by atoms with Crippen molar-refractivity contribution in [2.24, 2.45) is 20.5 Å². The van der Waals surface area contributed by atoms with Crippen molar-refractivity contribution >= 4 is 162 Å². The molecule has 0 spiro atoms. The Hall–Kier alpha value is -5.16. The van der Waals surface area contributed by atoms with Gasteiger partial charge in [-0.25, -0.2) is 0 Å². The molecule has 0 bridgehead atoms. The number of carbonyl (C=O) groups is 6. The van der Waals surface area contributed by atoms with Crippen LogP contribution in [0.3, 0.4) is 0 Å². The molecule has 2 unspecified atom stereocenters. The third-order valence-corrected chi connectivity index (χ3v) is 10.4. The van der Waals surface area contributed by atoms with Crippen LogP contribution in [0, 0.1) is 0 Å². The molecule has 4 amide bonds. The molecule has 62 heavy (non-hydrogen) atoms. The minimum absolute atomic E-state index is 0.00697. The van der Waals surface area contributed by atoms with Crippen molar-refractivity contribution in [1.82, 2.24) is 0 Å². The van der Waals surface area contributed by atoms with E-state index < -0.39 is 47.3 Å². The fraction of sp³-hybridized carbons (Fsp3) is 0.100. The molecule has 0 saturated heterocycles. The summed E-state index contributed by atoms with van der Waals surface area (Å²) in [6.45, 7) is 2.20. The second-order valence-corrected chi connectivity index (χ2v) is 16.1. The van der Waals surface area contributed by atoms with Crippen molar-refractivity contribution in [3.05, 3.63) is 136 Å². The van der Waals surface area contributed by atoms with Gasteiger partial charge in [-0.15, -0.1) is 0 Å². The van der Waals surface area contributed by atoms with Crippen molar-refractivity contribution in [3.8, 4) is 0 Å². The summed E-state index contributed by atoms with van der Waals surface area (Å²) in [4.78, 5) is 77.6. The standard InChI is InChI=1S/C40H26Cl8N8O6/c1-17(57)35(55-53-29-7-3-5-25(33(29)47)37(59)49-23-11-19(41)9-20(42)12-23)39(61)51-31-15-28(46)32(16-27(31)45)52-40(62)36(18(2)58)56-54-30-8-4-6-26(34(30)48)38(60)50-24-13-21(43)10-22(44)14-24/h3-16,35-36H,1-2H3,(H,49,59)(H,50,60)(H,51,61)(H,52,62). The average Bonchev–Trinajstić information content (AvgIpc) is 3.17. The quantitative estimate of drug-likeness (QED) is 0.0630. The van der Waals surface area contributed by atoms with Crippen LogP contribution in [0.2, 0.25) is 40.2 Å². The highest BCUT2D eigenvalue weighted by molar-refractivity contribution is 6.39. The van der Waals surface area contributed by atoms with E-state index in [0.717, 1.165) is 13.8 Å². The maximum atomic E-state index is 13.3. The van der Waals surface area contributed by atoms with Crippen LogP contribution >= 0.6 is 92.8 Å². The van der Waals surface area contributed by atoms with Crippen LogP contribution in [-0.2, 0) is 19.2 Å². The number of nitrogens with zero attached hydrogens (tertiary/aromatic N) is 4. The van der Waals surface area contributed by atoms with Gasteiger partial charge in [0.2, 0.25) is 12.1 Å². The summed E-state index contributed by atoms with van der Waals surface area (Å²) in [5, 5.41) is 26.4. The van der Waals surface area contributed by atoms with E-state index in [9.17, 15) is 28.8 Å². The van der Waals surface area contributed by atoms with Crippen molar-refractivity contribution in [2.75, 3.05) is 21.3 Å². The maximum Gasteiger partial charge on any atom is 0.258 e. The Morgan fingerprint density at radius 2 is 0.806 bits per heavy atom. The molecule has 0 heterocycles. The molecule has 0 aromatic heterocycles. The zero-order valence-electron chi connectivity index (χ0n) is 31.5. The molecule has 0 saturated carbocycles. The monoisotopic (exact) mass is 994 g/mol. The Morgan fingerprint density at radius 1 is 0.468 bits per heavy atom. The first-order valence-electron chi connectivity index (χ1n) is 17.4. The van der Waals surface area contributed by atoms with Gasteiger partial charge >= 0.3 is 0 Å². The fourth-order valence-corrected chi connectivity index (χ4v) is 7.18. The molecule has 4 N–H and O–H groups in total. The van der Waals surface area contributed by atoms with E-state index in [2.05, 4.69) is 41.7 Å². The van der Waals surface area contributed by atoms with E-state index in [1.165, 1.54) is 84.9 Å². The molecule has 2 atom stereocenters. The number of benzene rings is 5. The SMILES string of the molecule is CC(=O)C(N=Nc1cccc(C(=O)Nc2cc(Cl)cc(Cl)c2)c1Cl)C(=O)Nc1cc(Cl)c(NC(=O)C(N=Nc2cccc(C(=O)Nc3cc(Cl)cc(Cl)c3)c2Cl)C(C)=O)cc1Cl. The molecule has 318 valence electrons. The molecule has 5 aromatic rings. The second kappa shape index (κ2) is 21.3. The smallest absolute Gasteiger partial charge is 0.258 e. The summed E-state index contributed by atoms with van der Waals surface area (Å²) >= 11 is 49.9. The van der Waals surface area contributed by atoms with Crippen LogP contribution in [0.1, 0.15) is 34.6 Å². The number of Topliss-reactive ketones (excluding diaryl/α,β-unsaturated/α-hetero) is 2. The van der Waals surface area contributed by atoms with Gasteiger partial charge in [-0.05, 0) is 86.6 Å². The van der Waals surface area contributed by atoms with E-state index in [-0.39, 0.29) is 54.0 Å². The zero-order chi connectivity index (χ0) is 45.4. The highest BCUT2D eigenvalue weighted by Crippen LogP contribution is 2.35. The Kier molecular flexibility index (Phi) is 16.4. The molecule has 22 heteroatoms. The average molecular weight is 998 g/mol. The molecule has 0 radical (unpaired) electrons. The van der Waals surface area contributed by atoms with Gasteiger partial charge in [-0.2, -0.15) is 20.5 Å². The van der Waals surface area contributed by atoms with Crippen molar-refractivity contribution < 1.29 is 28.8 Å². The van der Waals surface area contributed by atoms with Gasteiger partial charge in [0, 0.05) is 31.5 Å². The molecule has 5 aromatic carbocycles. The Balaban J connectivity index is 1.27. The summed E-state index contributed by atoms with van der Waals surface area (Å²) in [6.07, 6.45) is 0. The summed E-state index contributed by atoms with van der Waals surface area (Å²) in [5.74, 6) is -4.63. The Labute approximate surface area is 392 Å². The number of halogens is 8. The lowest BCUT2D eigenvalue weighted by Crippen LogP contribution is -2.32. The lowest BCUT2D eigenvalue weighted by Gasteiger charge is -2.15. The molecule has 5 rings (SSSR count). The number of nitrogens with one attached hydrogen (secondary N) is 4. The lowest BCUT2D eigenvalue weighted by molar-refractivity contribution is -0.127. The molecular formula is C40H26Cl8N8O6. The number of anilines is 4. The van der Waals surface area contributed by atoms with Crippen LogP contribution < -0.4 is 21.3 Å². The number of hydrogen-bond donors (Lipinski definition) is 4. The first kappa shape index (κ1) is 47.9. The predicted molar refractivity (Wildman–Crippen MR) is 243 cm³/mol. The Bertz CT molecular complexity index is 2490. The van der Waals surface area contributed by atoms with Crippen LogP contribution in [0.5, 0.6) is 0 Å². The summed E-state index contributed by atoms with van der Waals surface area (Å²) in [7, 11) is 0. The number of rotatable bonds is 14. The van der Waals surface area contributed by atoms with Crippen molar-refractivity contribution in [1.29, 1.82) is 0 Å². The number of hydrogen-bond acceptors (Lipinski definition) is 10. The predicted octanol–water partition coefficient (Wildman–Crippen LogP) is 12.8. The summed E-state index contributed by atoms with van der Waals surface area (Å²) in [5.41, 5.74) is 0.352. The molecule has 0 fully saturated rings. The third-order valence-electron chi connectivity index (χ3n) is 8.09. The summed E-state index contributed by atoms with van der Waals surface area (Å²) in [6, 6.07) is 16.4. The molecule has 0 aliphatic carbocycles. The molecule has 0 aliphatic rings. The van der Waals surface area contributed by atoms with E-state index in [1.807, 2.05) is 0 Å². The van der Waals surface area contributed by atoms with Gasteiger partial charge in [0.1, 0.15) is 11.4 Å².